The van der Waals surface area contributed by atoms with E-state index in [0.717, 1.165) is 30.9 Å². The van der Waals surface area contributed by atoms with Gasteiger partial charge in [-0.3, -0.25) is 4.90 Å². The molecule has 112 valence electrons. The van der Waals surface area contributed by atoms with Gasteiger partial charge in [0.25, 0.3) is 0 Å². The van der Waals surface area contributed by atoms with E-state index in [1.165, 1.54) is 5.56 Å². The lowest BCUT2D eigenvalue weighted by Gasteiger charge is -2.36. The molecule has 1 aliphatic heterocycles. The van der Waals surface area contributed by atoms with Crippen LogP contribution in [0.5, 0.6) is 5.75 Å². The lowest BCUT2D eigenvalue weighted by Crippen LogP contribution is -2.47. The zero-order valence-electron chi connectivity index (χ0n) is 12.2. The van der Waals surface area contributed by atoms with Crippen LogP contribution in [0.15, 0.2) is 18.2 Å². The zero-order valence-corrected chi connectivity index (χ0v) is 12.2. The first-order valence-electron chi connectivity index (χ1n) is 7.00. The lowest BCUT2D eigenvalue weighted by molar-refractivity contribution is -0.0972. The number of rotatable bonds is 5. The molecule has 0 aliphatic carbocycles. The van der Waals surface area contributed by atoms with Gasteiger partial charge in [0.05, 0.1) is 25.9 Å². The van der Waals surface area contributed by atoms with Crippen LogP contribution >= 0.6 is 0 Å². The number of nitrogens with zero attached hydrogens (tertiary/aromatic N) is 1. The van der Waals surface area contributed by atoms with Crippen molar-refractivity contribution in [3.05, 3.63) is 29.3 Å². The summed E-state index contributed by atoms with van der Waals surface area (Å²) in [5, 5.41) is 9.26. The quantitative estimate of drug-likeness (QED) is 0.832. The van der Waals surface area contributed by atoms with Gasteiger partial charge in [-0.05, 0) is 24.6 Å². The summed E-state index contributed by atoms with van der Waals surface area (Å²) >= 11 is 0. The van der Waals surface area contributed by atoms with Crippen molar-refractivity contribution in [3.8, 4) is 5.75 Å². The summed E-state index contributed by atoms with van der Waals surface area (Å²) in [4.78, 5) is 2.30. The first-order valence-corrected chi connectivity index (χ1v) is 7.00. The molecule has 0 spiro atoms. The van der Waals surface area contributed by atoms with Crippen molar-refractivity contribution in [2.45, 2.75) is 32.2 Å². The second-order valence-corrected chi connectivity index (χ2v) is 5.30. The van der Waals surface area contributed by atoms with E-state index in [1.807, 2.05) is 13.0 Å². The van der Waals surface area contributed by atoms with Crippen LogP contribution in [0.3, 0.4) is 0 Å². The Morgan fingerprint density at radius 2 is 2.25 bits per heavy atom. The van der Waals surface area contributed by atoms with Crippen molar-refractivity contribution in [2.75, 3.05) is 26.8 Å². The highest BCUT2D eigenvalue weighted by Gasteiger charge is 2.24. The predicted molar refractivity (Wildman–Crippen MR) is 77.6 cm³/mol. The molecule has 1 aromatic rings. The third-order valence-electron chi connectivity index (χ3n) is 3.58. The molecule has 3 N–H and O–H groups in total. The van der Waals surface area contributed by atoms with Gasteiger partial charge < -0.3 is 20.3 Å². The van der Waals surface area contributed by atoms with E-state index in [0.29, 0.717) is 6.54 Å². The maximum absolute atomic E-state index is 9.26. The Morgan fingerprint density at radius 3 is 2.90 bits per heavy atom. The molecule has 1 fully saturated rings. The molecule has 0 bridgehead atoms. The van der Waals surface area contributed by atoms with Crippen LogP contribution < -0.4 is 10.5 Å². The average Bonchev–Trinajstić information content (AvgIpc) is 2.46. The first kappa shape index (κ1) is 15.3. The number of aliphatic hydroxyl groups is 1. The summed E-state index contributed by atoms with van der Waals surface area (Å²) in [7, 11) is 1.66. The first-order chi connectivity index (χ1) is 9.66. The van der Waals surface area contributed by atoms with Crippen molar-refractivity contribution < 1.29 is 14.6 Å². The van der Waals surface area contributed by atoms with Crippen molar-refractivity contribution in [2.24, 2.45) is 5.73 Å². The Balaban J connectivity index is 2.05. The summed E-state index contributed by atoms with van der Waals surface area (Å²) in [6.07, 6.45) is 0.0547. The largest absolute Gasteiger partial charge is 0.496 e. The van der Waals surface area contributed by atoms with Crippen LogP contribution in [0.4, 0.5) is 0 Å². The molecular formula is C15H24N2O3. The highest BCUT2D eigenvalue weighted by molar-refractivity contribution is 5.37. The second kappa shape index (κ2) is 7.04. The molecule has 1 aromatic carbocycles. The van der Waals surface area contributed by atoms with E-state index in [9.17, 15) is 5.11 Å². The topological polar surface area (TPSA) is 68.0 Å². The SMILES string of the molecule is COc1ccc(CN2CC(C)OC(CO)C2)cc1CN. The van der Waals surface area contributed by atoms with Crippen LogP contribution in [0.2, 0.25) is 0 Å². The molecule has 0 saturated carbocycles. The van der Waals surface area contributed by atoms with Gasteiger partial charge >= 0.3 is 0 Å². The van der Waals surface area contributed by atoms with Gasteiger partial charge in [-0.15, -0.1) is 0 Å². The third-order valence-corrected chi connectivity index (χ3v) is 3.58. The Hall–Kier alpha value is -1.14. The van der Waals surface area contributed by atoms with Crippen molar-refractivity contribution >= 4 is 0 Å². The van der Waals surface area contributed by atoms with Crippen molar-refractivity contribution in [1.29, 1.82) is 0 Å². The second-order valence-electron chi connectivity index (χ2n) is 5.30. The number of hydrogen-bond acceptors (Lipinski definition) is 5. The molecule has 0 aromatic heterocycles. The van der Waals surface area contributed by atoms with Gasteiger partial charge in [-0.25, -0.2) is 0 Å². The van der Waals surface area contributed by atoms with Gasteiger partial charge in [0, 0.05) is 31.7 Å². The third kappa shape index (κ3) is 3.70. The van der Waals surface area contributed by atoms with E-state index in [1.54, 1.807) is 7.11 Å². The highest BCUT2D eigenvalue weighted by Crippen LogP contribution is 2.21. The van der Waals surface area contributed by atoms with Gasteiger partial charge in [0.1, 0.15) is 5.75 Å². The van der Waals surface area contributed by atoms with E-state index in [4.69, 9.17) is 15.2 Å². The summed E-state index contributed by atoms with van der Waals surface area (Å²) in [5.74, 6) is 0.833. The van der Waals surface area contributed by atoms with Crippen LogP contribution in [0, 0.1) is 0 Å². The number of aliphatic hydroxyl groups excluding tert-OH is 1. The Bertz CT molecular complexity index is 439. The standard InChI is InChI=1S/C15H24N2O3/c1-11-7-17(9-14(10-18)20-11)8-12-3-4-15(19-2)13(5-12)6-16/h3-5,11,14,18H,6-10,16H2,1-2H3. The van der Waals surface area contributed by atoms with Crippen LogP contribution in [0.1, 0.15) is 18.1 Å². The minimum absolute atomic E-state index is 0.0670. The Morgan fingerprint density at radius 1 is 1.45 bits per heavy atom. The van der Waals surface area contributed by atoms with E-state index in [-0.39, 0.29) is 18.8 Å². The minimum Gasteiger partial charge on any atom is -0.496 e. The molecule has 5 nitrogen and oxygen atoms in total. The Labute approximate surface area is 120 Å². The molecule has 2 rings (SSSR count). The van der Waals surface area contributed by atoms with Crippen LogP contribution in [0.25, 0.3) is 0 Å². The predicted octanol–water partition coefficient (Wildman–Crippen LogP) is 0.736. The number of methoxy groups -OCH3 is 1. The highest BCUT2D eigenvalue weighted by atomic mass is 16.5. The molecule has 0 amide bonds. The summed E-state index contributed by atoms with van der Waals surface area (Å²) in [6, 6.07) is 6.11. The molecule has 0 radical (unpaired) electrons. The maximum atomic E-state index is 9.26. The number of morpholine rings is 1. The summed E-state index contributed by atoms with van der Waals surface area (Å²) in [6.45, 7) is 5.04. The molecule has 20 heavy (non-hydrogen) atoms. The molecule has 2 unspecified atom stereocenters. The van der Waals surface area contributed by atoms with Gasteiger partial charge in [-0.1, -0.05) is 6.07 Å². The number of ether oxygens (including phenoxy) is 2. The summed E-state index contributed by atoms with van der Waals surface area (Å²) in [5.41, 5.74) is 7.97. The number of benzene rings is 1. The molecular weight excluding hydrogens is 256 g/mol. The average molecular weight is 280 g/mol. The fraction of sp³-hybridized carbons (Fsp3) is 0.600. The monoisotopic (exact) mass is 280 g/mol. The minimum atomic E-state index is -0.0917. The lowest BCUT2D eigenvalue weighted by atomic mass is 10.1. The van der Waals surface area contributed by atoms with E-state index >= 15 is 0 Å². The molecule has 5 heteroatoms. The zero-order chi connectivity index (χ0) is 14.5. The van der Waals surface area contributed by atoms with E-state index < -0.39 is 0 Å². The van der Waals surface area contributed by atoms with Crippen LogP contribution in [-0.4, -0.2) is 49.0 Å². The summed E-state index contributed by atoms with van der Waals surface area (Å²) < 4.78 is 10.9. The fourth-order valence-electron chi connectivity index (χ4n) is 2.72. The van der Waals surface area contributed by atoms with Gasteiger partial charge in [0.15, 0.2) is 0 Å². The smallest absolute Gasteiger partial charge is 0.123 e. The van der Waals surface area contributed by atoms with Crippen LogP contribution in [-0.2, 0) is 17.8 Å². The molecule has 2 atom stereocenters. The number of nitrogens with two attached hydrogens (primary N) is 1. The number of hydrogen-bond donors (Lipinski definition) is 2. The molecule has 1 saturated heterocycles. The van der Waals surface area contributed by atoms with Gasteiger partial charge in [0.2, 0.25) is 0 Å². The Kier molecular flexibility index (Phi) is 5.37. The maximum Gasteiger partial charge on any atom is 0.123 e. The van der Waals surface area contributed by atoms with Gasteiger partial charge in [-0.2, -0.15) is 0 Å². The van der Waals surface area contributed by atoms with Crippen molar-refractivity contribution in [3.63, 3.8) is 0 Å². The van der Waals surface area contributed by atoms with Crippen molar-refractivity contribution in [1.82, 2.24) is 4.90 Å². The normalized spacial score (nSPS) is 23.8. The van der Waals surface area contributed by atoms with E-state index in [2.05, 4.69) is 17.0 Å². The molecule has 1 heterocycles. The fourth-order valence-corrected chi connectivity index (χ4v) is 2.72. The molecule has 1 aliphatic rings.